The van der Waals surface area contributed by atoms with Crippen LogP contribution < -0.4 is 0 Å². The average Bonchev–Trinajstić information content (AvgIpc) is 2.48. The van der Waals surface area contributed by atoms with Gasteiger partial charge in [-0.3, -0.25) is 9.59 Å². The van der Waals surface area contributed by atoms with Crippen molar-refractivity contribution in [2.24, 2.45) is 5.92 Å². The number of amides is 1. The van der Waals surface area contributed by atoms with Gasteiger partial charge >= 0.3 is 5.97 Å². The maximum absolute atomic E-state index is 12.4. The van der Waals surface area contributed by atoms with E-state index < -0.39 is 5.97 Å². The summed E-state index contributed by atoms with van der Waals surface area (Å²) in [6.07, 6.45) is 3.08. The van der Waals surface area contributed by atoms with Crippen molar-refractivity contribution >= 4 is 23.5 Å². The number of nitrogens with zero attached hydrogens (tertiary/aromatic N) is 1. The van der Waals surface area contributed by atoms with Gasteiger partial charge in [0.1, 0.15) is 0 Å². The van der Waals surface area contributed by atoms with Crippen molar-refractivity contribution in [1.82, 2.24) is 4.90 Å². The summed E-state index contributed by atoms with van der Waals surface area (Å²) in [5.41, 5.74) is 0.844. The van der Waals surface area contributed by atoms with Gasteiger partial charge in [0, 0.05) is 24.5 Å². The van der Waals surface area contributed by atoms with E-state index in [0.717, 1.165) is 24.9 Å². The lowest BCUT2D eigenvalue weighted by Gasteiger charge is -2.32. The molecule has 0 radical (unpaired) electrons. The number of aliphatic carboxylic acids is 1. The van der Waals surface area contributed by atoms with Gasteiger partial charge in [-0.1, -0.05) is 29.8 Å². The Morgan fingerprint density at radius 1 is 1.33 bits per heavy atom. The smallest absolute Gasteiger partial charge is 0.303 e. The number of benzene rings is 1. The summed E-state index contributed by atoms with van der Waals surface area (Å²) < 4.78 is 0. The standard InChI is InChI=1S/C16H20ClNO3/c17-14-6-2-1-5-13(14)10-15(19)18-9-3-4-12(11-18)7-8-16(20)21/h1-2,5-6,12H,3-4,7-11H2,(H,20,21)/t12-/m1/s1. The minimum absolute atomic E-state index is 0.0723. The molecule has 1 atom stereocenters. The molecule has 0 bridgehead atoms. The first kappa shape index (κ1) is 15.8. The van der Waals surface area contributed by atoms with E-state index in [1.54, 1.807) is 6.07 Å². The van der Waals surface area contributed by atoms with Crippen molar-refractivity contribution in [3.05, 3.63) is 34.9 Å². The minimum Gasteiger partial charge on any atom is -0.481 e. The van der Waals surface area contributed by atoms with E-state index in [2.05, 4.69) is 0 Å². The van der Waals surface area contributed by atoms with Crippen molar-refractivity contribution in [2.75, 3.05) is 13.1 Å². The van der Waals surface area contributed by atoms with Gasteiger partial charge in [-0.15, -0.1) is 0 Å². The second-order valence-corrected chi connectivity index (χ2v) is 5.96. The van der Waals surface area contributed by atoms with Crippen LogP contribution in [-0.4, -0.2) is 35.0 Å². The normalized spacial score (nSPS) is 18.5. The lowest BCUT2D eigenvalue weighted by molar-refractivity contribution is -0.137. The summed E-state index contributed by atoms with van der Waals surface area (Å²) in [6.45, 7) is 1.42. The van der Waals surface area contributed by atoms with Crippen LogP contribution in [-0.2, 0) is 16.0 Å². The number of carbonyl (C=O) groups is 2. The average molecular weight is 310 g/mol. The van der Waals surface area contributed by atoms with E-state index >= 15 is 0 Å². The zero-order chi connectivity index (χ0) is 15.2. The highest BCUT2D eigenvalue weighted by atomic mass is 35.5. The molecule has 1 aromatic rings. The molecule has 1 N–H and O–H groups in total. The van der Waals surface area contributed by atoms with E-state index in [4.69, 9.17) is 16.7 Å². The van der Waals surface area contributed by atoms with Crippen LogP contribution >= 0.6 is 11.6 Å². The Kier molecular flexibility index (Phi) is 5.62. The van der Waals surface area contributed by atoms with E-state index in [1.807, 2.05) is 23.1 Å². The number of likely N-dealkylation sites (tertiary alicyclic amines) is 1. The molecule has 4 nitrogen and oxygen atoms in total. The molecule has 1 aliphatic heterocycles. The number of halogens is 1. The quantitative estimate of drug-likeness (QED) is 0.909. The molecule has 5 heteroatoms. The Bertz CT molecular complexity index is 518. The summed E-state index contributed by atoms with van der Waals surface area (Å²) in [4.78, 5) is 24.8. The van der Waals surface area contributed by atoms with Gasteiger partial charge in [0.2, 0.25) is 5.91 Å². The predicted molar refractivity (Wildman–Crippen MR) is 81.3 cm³/mol. The first-order chi connectivity index (χ1) is 10.1. The van der Waals surface area contributed by atoms with E-state index in [0.29, 0.717) is 30.3 Å². The van der Waals surface area contributed by atoms with E-state index in [1.165, 1.54) is 0 Å². The second-order valence-electron chi connectivity index (χ2n) is 5.55. The second kappa shape index (κ2) is 7.46. The number of hydrogen-bond donors (Lipinski definition) is 1. The third-order valence-corrected chi connectivity index (χ3v) is 4.31. The lowest BCUT2D eigenvalue weighted by Crippen LogP contribution is -2.40. The number of rotatable bonds is 5. The molecule has 21 heavy (non-hydrogen) atoms. The van der Waals surface area contributed by atoms with Crippen LogP contribution in [0.25, 0.3) is 0 Å². The molecule has 1 aliphatic rings. The summed E-state index contributed by atoms with van der Waals surface area (Å²) in [7, 11) is 0. The largest absolute Gasteiger partial charge is 0.481 e. The van der Waals surface area contributed by atoms with Crippen LogP contribution in [0.4, 0.5) is 0 Å². The molecule has 1 fully saturated rings. The number of carbonyl (C=O) groups excluding carboxylic acids is 1. The highest BCUT2D eigenvalue weighted by Crippen LogP contribution is 2.23. The van der Waals surface area contributed by atoms with Crippen LogP contribution in [0, 0.1) is 5.92 Å². The summed E-state index contributed by atoms with van der Waals surface area (Å²) >= 11 is 6.08. The fraction of sp³-hybridized carbons (Fsp3) is 0.500. The number of hydrogen-bond acceptors (Lipinski definition) is 2. The maximum atomic E-state index is 12.4. The van der Waals surface area contributed by atoms with Crippen molar-refractivity contribution in [3.8, 4) is 0 Å². The molecule has 0 spiro atoms. The van der Waals surface area contributed by atoms with E-state index in [-0.39, 0.29) is 12.3 Å². The SMILES string of the molecule is O=C(O)CC[C@H]1CCCN(C(=O)Cc2ccccc2Cl)C1. The third-order valence-electron chi connectivity index (χ3n) is 3.94. The maximum Gasteiger partial charge on any atom is 0.303 e. The van der Waals surface area contributed by atoms with Crippen LogP contribution in [0.3, 0.4) is 0 Å². The Balaban J connectivity index is 1.90. The molecular formula is C16H20ClNO3. The molecule has 1 heterocycles. The first-order valence-electron chi connectivity index (χ1n) is 7.29. The van der Waals surface area contributed by atoms with Crippen molar-refractivity contribution in [2.45, 2.75) is 32.1 Å². The summed E-state index contributed by atoms with van der Waals surface area (Å²) in [5.74, 6) is -0.400. The molecule has 114 valence electrons. The number of carboxylic acids is 1. The molecule has 0 aromatic heterocycles. The molecule has 0 saturated carbocycles. The van der Waals surface area contributed by atoms with Crippen LogP contribution in [0.5, 0.6) is 0 Å². The molecule has 1 amide bonds. The topological polar surface area (TPSA) is 57.6 Å². The van der Waals surface area contributed by atoms with Crippen molar-refractivity contribution in [3.63, 3.8) is 0 Å². The van der Waals surface area contributed by atoms with E-state index in [9.17, 15) is 9.59 Å². The molecule has 0 unspecified atom stereocenters. The Morgan fingerprint density at radius 3 is 2.81 bits per heavy atom. The highest BCUT2D eigenvalue weighted by Gasteiger charge is 2.24. The van der Waals surface area contributed by atoms with Crippen LogP contribution in [0.1, 0.15) is 31.2 Å². The van der Waals surface area contributed by atoms with Crippen molar-refractivity contribution in [1.29, 1.82) is 0 Å². The molecular weight excluding hydrogens is 290 g/mol. The van der Waals surface area contributed by atoms with Gasteiger partial charge < -0.3 is 10.0 Å². The highest BCUT2D eigenvalue weighted by molar-refractivity contribution is 6.31. The first-order valence-corrected chi connectivity index (χ1v) is 7.67. The lowest BCUT2D eigenvalue weighted by atomic mass is 9.93. The minimum atomic E-state index is -0.769. The Morgan fingerprint density at radius 2 is 2.10 bits per heavy atom. The molecule has 1 aromatic carbocycles. The summed E-state index contributed by atoms with van der Waals surface area (Å²) in [5, 5.41) is 9.37. The third kappa shape index (κ3) is 4.74. The zero-order valence-corrected chi connectivity index (χ0v) is 12.7. The Labute approximate surface area is 129 Å². The zero-order valence-electron chi connectivity index (χ0n) is 11.9. The van der Waals surface area contributed by atoms with Gasteiger partial charge in [-0.25, -0.2) is 0 Å². The molecule has 1 saturated heterocycles. The van der Waals surface area contributed by atoms with Gasteiger partial charge in [0.15, 0.2) is 0 Å². The van der Waals surface area contributed by atoms with Crippen LogP contribution in [0.2, 0.25) is 5.02 Å². The predicted octanol–water partition coefficient (Wildman–Crippen LogP) is 2.99. The monoisotopic (exact) mass is 309 g/mol. The van der Waals surface area contributed by atoms with Gasteiger partial charge in [0.25, 0.3) is 0 Å². The van der Waals surface area contributed by atoms with Gasteiger partial charge in [-0.2, -0.15) is 0 Å². The van der Waals surface area contributed by atoms with Crippen molar-refractivity contribution < 1.29 is 14.7 Å². The Hall–Kier alpha value is -1.55. The molecule has 0 aliphatic carbocycles. The number of piperidine rings is 1. The van der Waals surface area contributed by atoms with Gasteiger partial charge in [-0.05, 0) is 36.8 Å². The molecule has 2 rings (SSSR count). The summed E-state index contributed by atoms with van der Waals surface area (Å²) in [6, 6.07) is 7.38. The fourth-order valence-electron chi connectivity index (χ4n) is 2.77. The number of carboxylic acid groups (broad SMARTS) is 1. The fourth-order valence-corrected chi connectivity index (χ4v) is 2.97. The van der Waals surface area contributed by atoms with Crippen LogP contribution in [0.15, 0.2) is 24.3 Å². The van der Waals surface area contributed by atoms with Gasteiger partial charge in [0.05, 0.1) is 6.42 Å².